The Morgan fingerprint density at radius 2 is 2.20 bits per heavy atom. The Bertz CT molecular complexity index is 545. The fourth-order valence-electron chi connectivity index (χ4n) is 2.44. The van der Waals surface area contributed by atoms with Crippen molar-refractivity contribution in [3.8, 4) is 0 Å². The fraction of sp³-hybridized carbons (Fsp3) is 0.429. The zero-order valence-corrected chi connectivity index (χ0v) is 13.0. The Morgan fingerprint density at radius 1 is 1.50 bits per heavy atom. The molecule has 1 aliphatic heterocycles. The van der Waals surface area contributed by atoms with Gasteiger partial charge in [-0.2, -0.15) is 0 Å². The van der Waals surface area contributed by atoms with E-state index in [0.29, 0.717) is 17.7 Å². The Labute approximate surface area is 126 Å². The molecular formula is C14H17BrN2O3. The summed E-state index contributed by atoms with van der Waals surface area (Å²) in [7, 11) is 0. The zero-order chi connectivity index (χ0) is 14.9. The molecule has 2 atom stereocenters. The lowest BCUT2D eigenvalue weighted by atomic mass is 10.0. The number of amides is 2. The first-order valence-electron chi connectivity index (χ1n) is 6.52. The summed E-state index contributed by atoms with van der Waals surface area (Å²) >= 11 is 3.39. The number of carbonyl (C=O) groups is 2. The molecule has 0 aliphatic carbocycles. The van der Waals surface area contributed by atoms with E-state index in [9.17, 15) is 14.7 Å². The number of nitrogens with one attached hydrogen (secondary N) is 1. The van der Waals surface area contributed by atoms with E-state index in [2.05, 4.69) is 21.2 Å². The van der Waals surface area contributed by atoms with E-state index in [1.807, 2.05) is 19.1 Å². The number of halogens is 1. The summed E-state index contributed by atoms with van der Waals surface area (Å²) in [5.41, 5.74) is 1.42. The number of nitrogens with zero attached hydrogens (tertiary/aromatic N) is 1. The van der Waals surface area contributed by atoms with Crippen LogP contribution in [0.1, 0.15) is 31.9 Å². The van der Waals surface area contributed by atoms with E-state index in [4.69, 9.17) is 0 Å². The largest absolute Gasteiger partial charge is 0.389 e. The Kier molecular flexibility index (Phi) is 4.45. The second-order valence-electron chi connectivity index (χ2n) is 4.84. The van der Waals surface area contributed by atoms with Gasteiger partial charge in [-0.3, -0.25) is 14.9 Å². The third kappa shape index (κ3) is 2.86. The number of rotatable bonds is 3. The molecule has 2 amide bonds. The van der Waals surface area contributed by atoms with E-state index < -0.39 is 12.1 Å². The summed E-state index contributed by atoms with van der Waals surface area (Å²) in [4.78, 5) is 25.3. The van der Waals surface area contributed by atoms with Crippen LogP contribution in [-0.2, 0) is 9.59 Å². The van der Waals surface area contributed by atoms with Gasteiger partial charge in [0.15, 0.2) is 0 Å². The van der Waals surface area contributed by atoms with Gasteiger partial charge < -0.3 is 10.0 Å². The molecule has 0 spiro atoms. The van der Waals surface area contributed by atoms with Crippen molar-refractivity contribution in [3.05, 3.63) is 28.2 Å². The van der Waals surface area contributed by atoms with Gasteiger partial charge in [-0.15, -0.1) is 0 Å². The summed E-state index contributed by atoms with van der Waals surface area (Å²) < 4.78 is 0.838. The highest BCUT2D eigenvalue weighted by Crippen LogP contribution is 2.32. The number of hydrogen-bond acceptors (Lipinski definition) is 4. The molecule has 0 saturated carbocycles. The van der Waals surface area contributed by atoms with Gasteiger partial charge >= 0.3 is 0 Å². The lowest BCUT2D eigenvalue weighted by Crippen LogP contribution is -2.58. The third-order valence-corrected chi connectivity index (χ3v) is 3.89. The molecule has 1 aliphatic rings. The summed E-state index contributed by atoms with van der Waals surface area (Å²) in [5.74, 6) is -0.614. The van der Waals surface area contributed by atoms with Gasteiger partial charge in [0.25, 0.3) is 0 Å². The fourth-order valence-corrected chi connectivity index (χ4v) is 2.79. The standard InChI is InChI=1S/C14H17BrN2O3/c1-3-11-14(20)16-13(19)7-17(11)12-6-9(15)4-5-10(12)8(2)18/h4-6,8,11,18H,3,7H2,1-2H3,(H,16,19,20). The molecular weight excluding hydrogens is 324 g/mol. The topological polar surface area (TPSA) is 69.6 Å². The second kappa shape index (κ2) is 5.93. The molecule has 0 aromatic heterocycles. The Hall–Kier alpha value is -1.40. The van der Waals surface area contributed by atoms with Gasteiger partial charge in [-0.25, -0.2) is 0 Å². The molecule has 1 aromatic rings. The molecule has 108 valence electrons. The maximum Gasteiger partial charge on any atom is 0.249 e. The molecule has 5 nitrogen and oxygen atoms in total. The first-order chi connectivity index (χ1) is 9.43. The lowest BCUT2D eigenvalue weighted by Gasteiger charge is -2.36. The van der Waals surface area contributed by atoms with Crippen LogP contribution in [0.4, 0.5) is 5.69 Å². The molecule has 1 heterocycles. The lowest BCUT2D eigenvalue weighted by molar-refractivity contribution is -0.132. The highest BCUT2D eigenvalue weighted by molar-refractivity contribution is 9.10. The maximum absolute atomic E-state index is 11.9. The SMILES string of the molecule is CCC1C(=O)NC(=O)CN1c1cc(Br)ccc1C(C)O. The van der Waals surface area contributed by atoms with Crippen molar-refractivity contribution in [1.29, 1.82) is 0 Å². The van der Waals surface area contributed by atoms with E-state index in [0.717, 1.165) is 4.47 Å². The molecule has 1 fully saturated rings. The van der Waals surface area contributed by atoms with Gasteiger partial charge in [0.2, 0.25) is 11.8 Å². The van der Waals surface area contributed by atoms with Gasteiger partial charge in [-0.05, 0) is 25.5 Å². The Morgan fingerprint density at radius 3 is 2.80 bits per heavy atom. The number of aliphatic hydroxyl groups is 1. The van der Waals surface area contributed by atoms with Crippen LogP contribution in [0, 0.1) is 0 Å². The molecule has 6 heteroatoms. The van der Waals surface area contributed by atoms with Gasteiger partial charge in [0.1, 0.15) is 6.04 Å². The van der Waals surface area contributed by atoms with Crippen molar-refractivity contribution in [2.75, 3.05) is 11.4 Å². The summed E-state index contributed by atoms with van der Waals surface area (Å²) in [6, 6.07) is 5.06. The van der Waals surface area contributed by atoms with Crippen LogP contribution < -0.4 is 10.2 Å². The first kappa shape index (κ1) is 15.0. The minimum Gasteiger partial charge on any atom is -0.389 e. The monoisotopic (exact) mass is 340 g/mol. The highest BCUT2D eigenvalue weighted by Gasteiger charge is 2.34. The normalized spacial score (nSPS) is 20.8. The predicted octanol–water partition coefficient (Wildman–Crippen LogP) is 1.74. The number of aliphatic hydroxyl groups excluding tert-OH is 1. The number of piperazine rings is 1. The molecule has 2 N–H and O–H groups in total. The summed E-state index contributed by atoms with van der Waals surface area (Å²) in [5, 5.41) is 12.2. The van der Waals surface area contributed by atoms with Gasteiger partial charge in [0.05, 0.1) is 12.6 Å². The number of hydrogen-bond donors (Lipinski definition) is 2. The number of benzene rings is 1. The minimum absolute atomic E-state index is 0.112. The van der Waals surface area contributed by atoms with Crippen LogP contribution in [0.25, 0.3) is 0 Å². The number of carbonyl (C=O) groups excluding carboxylic acids is 2. The molecule has 0 radical (unpaired) electrons. The van der Waals surface area contributed by atoms with Crippen molar-refractivity contribution < 1.29 is 14.7 Å². The van der Waals surface area contributed by atoms with Crippen LogP contribution in [0.5, 0.6) is 0 Å². The van der Waals surface area contributed by atoms with Crippen LogP contribution in [0.15, 0.2) is 22.7 Å². The third-order valence-electron chi connectivity index (χ3n) is 3.39. The van der Waals surface area contributed by atoms with Crippen molar-refractivity contribution in [3.63, 3.8) is 0 Å². The molecule has 0 bridgehead atoms. The summed E-state index contributed by atoms with van der Waals surface area (Å²) in [6.45, 7) is 3.67. The zero-order valence-electron chi connectivity index (χ0n) is 11.4. The van der Waals surface area contributed by atoms with Crippen LogP contribution >= 0.6 is 15.9 Å². The van der Waals surface area contributed by atoms with E-state index in [1.54, 1.807) is 17.9 Å². The van der Waals surface area contributed by atoms with E-state index >= 15 is 0 Å². The smallest absolute Gasteiger partial charge is 0.249 e. The van der Waals surface area contributed by atoms with Crippen molar-refractivity contribution >= 4 is 33.4 Å². The average molecular weight is 341 g/mol. The second-order valence-corrected chi connectivity index (χ2v) is 5.76. The molecule has 1 saturated heterocycles. The maximum atomic E-state index is 11.9. The Balaban J connectivity index is 2.49. The highest BCUT2D eigenvalue weighted by atomic mass is 79.9. The van der Waals surface area contributed by atoms with Gasteiger partial charge in [0, 0.05) is 15.7 Å². The molecule has 2 rings (SSSR count). The van der Waals surface area contributed by atoms with Crippen molar-refractivity contribution in [1.82, 2.24) is 5.32 Å². The molecule has 20 heavy (non-hydrogen) atoms. The molecule has 2 unspecified atom stereocenters. The number of anilines is 1. The molecule has 1 aromatic carbocycles. The van der Waals surface area contributed by atoms with Crippen LogP contribution in [-0.4, -0.2) is 29.5 Å². The average Bonchev–Trinajstić information content (AvgIpc) is 2.37. The quantitative estimate of drug-likeness (QED) is 0.822. The van der Waals surface area contributed by atoms with Crippen molar-refractivity contribution in [2.24, 2.45) is 0 Å². The van der Waals surface area contributed by atoms with E-state index in [1.165, 1.54) is 0 Å². The predicted molar refractivity (Wildman–Crippen MR) is 79.4 cm³/mol. The van der Waals surface area contributed by atoms with Crippen LogP contribution in [0.2, 0.25) is 0 Å². The van der Waals surface area contributed by atoms with E-state index in [-0.39, 0.29) is 18.4 Å². The first-order valence-corrected chi connectivity index (χ1v) is 7.31. The van der Waals surface area contributed by atoms with Crippen LogP contribution in [0.3, 0.4) is 0 Å². The van der Waals surface area contributed by atoms with Crippen molar-refractivity contribution in [2.45, 2.75) is 32.4 Å². The summed E-state index contributed by atoms with van der Waals surface area (Å²) in [6.07, 6.45) is -0.0825. The number of imide groups is 1. The minimum atomic E-state index is -0.671. The van der Waals surface area contributed by atoms with Gasteiger partial charge in [-0.1, -0.05) is 28.9 Å².